The third-order valence-corrected chi connectivity index (χ3v) is 3.69. The van der Waals surface area contributed by atoms with Gasteiger partial charge >= 0.3 is 0 Å². The Morgan fingerprint density at radius 3 is 2.75 bits per heavy atom. The smallest absolute Gasteiger partial charge is 0.201 e. The molecule has 1 aromatic carbocycles. The van der Waals surface area contributed by atoms with Gasteiger partial charge in [0.15, 0.2) is 11.5 Å². The van der Waals surface area contributed by atoms with Crippen molar-refractivity contribution in [1.29, 1.82) is 0 Å². The Labute approximate surface area is 117 Å². The van der Waals surface area contributed by atoms with Crippen molar-refractivity contribution in [2.75, 3.05) is 26.6 Å². The largest absolute Gasteiger partial charge is 0.493 e. The molecule has 3 rings (SSSR count). The second-order valence-electron chi connectivity index (χ2n) is 4.91. The number of methoxy groups -OCH3 is 2. The van der Waals surface area contributed by atoms with Gasteiger partial charge in [-0.2, -0.15) is 0 Å². The van der Waals surface area contributed by atoms with Gasteiger partial charge in [-0.15, -0.1) is 0 Å². The lowest BCUT2D eigenvalue weighted by Crippen LogP contribution is -2.16. The number of hydrogen-bond donors (Lipinski definition) is 1. The molecule has 1 atom stereocenters. The lowest BCUT2D eigenvalue weighted by Gasteiger charge is -2.13. The number of fused-ring (bicyclic) bond motifs is 1. The maximum atomic E-state index is 6.03. The molecule has 1 saturated heterocycles. The Morgan fingerprint density at radius 2 is 2.10 bits per heavy atom. The second-order valence-corrected chi connectivity index (χ2v) is 4.91. The lowest BCUT2D eigenvalue weighted by molar-refractivity contribution is 0.0983. The van der Waals surface area contributed by atoms with Gasteiger partial charge in [0, 0.05) is 18.7 Å². The molecule has 2 heterocycles. The molecule has 6 nitrogen and oxygen atoms in total. The molecule has 108 valence electrons. The van der Waals surface area contributed by atoms with E-state index >= 15 is 0 Å². The molecule has 0 amide bonds. The molecule has 1 aliphatic rings. The van der Waals surface area contributed by atoms with Crippen molar-refractivity contribution in [2.24, 2.45) is 0 Å². The summed E-state index contributed by atoms with van der Waals surface area (Å²) in [4.78, 5) is 4.39. The minimum Gasteiger partial charge on any atom is -0.493 e. The van der Waals surface area contributed by atoms with E-state index in [9.17, 15) is 0 Å². The maximum Gasteiger partial charge on any atom is 0.201 e. The van der Waals surface area contributed by atoms with Crippen molar-refractivity contribution < 1.29 is 14.2 Å². The van der Waals surface area contributed by atoms with Crippen LogP contribution in [0.5, 0.6) is 11.5 Å². The number of aromatic nitrogens is 2. The number of hydrogen-bond acceptors (Lipinski definition) is 5. The SMILES string of the molecule is COc1cc2nc(N)n(CC3CCCO3)c2cc1OC. The summed E-state index contributed by atoms with van der Waals surface area (Å²) in [5, 5.41) is 0. The average Bonchev–Trinajstić information content (AvgIpc) is 3.06. The van der Waals surface area contributed by atoms with E-state index in [2.05, 4.69) is 4.98 Å². The van der Waals surface area contributed by atoms with Gasteiger partial charge in [0.2, 0.25) is 5.95 Å². The van der Waals surface area contributed by atoms with Gasteiger partial charge in [0.25, 0.3) is 0 Å². The summed E-state index contributed by atoms with van der Waals surface area (Å²) < 4.78 is 18.3. The fraction of sp³-hybridized carbons (Fsp3) is 0.500. The molecule has 2 N–H and O–H groups in total. The first-order valence-corrected chi connectivity index (χ1v) is 6.72. The van der Waals surface area contributed by atoms with Gasteiger partial charge in [-0.05, 0) is 12.8 Å². The molecule has 1 aliphatic heterocycles. The summed E-state index contributed by atoms with van der Waals surface area (Å²) in [6.45, 7) is 1.55. The fourth-order valence-corrected chi connectivity index (χ4v) is 2.65. The third kappa shape index (κ3) is 2.16. The van der Waals surface area contributed by atoms with Crippen molar-refractivity contribution in [3.63, 3.8) is 0 Å². The van der Waals surface area contributed by atoms with Crippen molar-refractivity contribution in [3.8, 4) is 11.5 Å². The summed E-state index contributed by atoms with van der Waals surface area (Å²) >= 11 is 0. The molecule has 6 heteroatoms. The van der Waals surface area contributed by atoms with E-state index in [4.69, 9.17) is 19.9 Å². The zero-order valence-electron chi connectivity index (χ0n) is 11.8. The zero-order chi connectivity index (χ0) is 14.1. The summed E-state index contributed by atoms with van der Waals surface area (Å²) in [7, 11) is 3.23. The first kappa shape index (κ1) is 13.1. The van der Waals surface area contributed by atoms with Crippen LogP contribution in [0.2, 0.25) is 0 Å². The fourth-order valence-electron chi connectivity index (χ4n) is 2.65. The molecule has 1 fully saturated rings. The number of ether oxygens (including phenoxy) is 3. The minimum atomic E-state index is 0.211. The van der Waals surface area contributed by atoms with Crippen LogP contribution >= 0.6 is 0 Å². The Bertz CT molecular complexity index is 618. The highest BCUT2D eigenvalue weighted by Gasteiger charge is 2.20. The first-order valence-electron chi connectivity index (χ1n) is 6.72. The van der Waals surface area contributed by atoms with Crippen LogP contribution in [0.3, 0.4) is 0 Å². The summed E-state index contributed by atoms with van der Waals surface area (Å²) in [5.74, 6) is 1.82. The van der Waals surface area contributed by atoms with E-state index in [1.54, 1.807) is 14.2 Å². The predicted molar refractivity (Wildman–Crippen MR) is 76.2 cm³/mol. The predicted octanol–water partition coefficient (Wildman–Crippen LogP) is 1.81. The maximum absolute atomic E-state index is 6.03. The van der Waals surface area contributed by atoms with E-state index < -0.39 is 0 Å². The summed E-state index contributed by atoms with van der Waals surface area (Å²) in [5.41, 5.74) is 7.77. The van der Waals surface area contributed by atoms with Crippen molar-refractivity contribution in [2.45, 2.75) is 25.5 Å². The van der Waals surface area contributed by atoms with Gasteiger partial charge in [-0.25, -0.2) is 4.98 Å². The summed E-state index contributed by atoms with van der Waals surface area (Å²) in [6.07, 6.45) is 2.38. The lowest BCUT2D eigenvalue weighted by atomic mass is 10.2. The van der Waals surface area contributed by atoms with Gasteiger partial charge < -0.3 is 24.5 Å². The highest BCUT2D eigenvalue weighted by Crippen LogP contribution is 2.33. The quantitative estimate of drug-likeness (QED) is 0.923. The van der Waals surface area contributed by atoms with Gasteiger partial charge in [-0.1, -0.05) is 0 Å². The number of nitrogens with zero attached hydrogens (tertiary/aromatic N) is 2. The van der Waals surface area contributed by atoms with Crippen molar-refractivity contribution >= 4 is 17.0 Å². The van der Waals surface area contributed by atoms with Crippen LogP contribution in [-0.2, 0) is 11.3 Å². The van der Waals surface area contributed by atoms with E-state index in [-0.39, 0.29) is 6.10 Å². The number of anilines is 1. The van der Waals surface area contributed by atoms with Crippen molar-refractivity contribution in [1.82, 2.24) is 9.55 Å². The Balaban J connectivity index is 2.04. The number of nitrogen functional groups attached to an aromatic ring is 1. The highest BCUT2D eigenvalue weighted by atomic mass is 16.5. The molecule has 0 saturated carbocycles. The molecule has 0 radical (unpaired) electrons. The number of benzene rings is 1. The van der Waals surface area contributed by atoms with Gasteiger partial charge in [-0.3, -0.25) is 0 Å². The van der Waals surface area contributed by atoms with E-state index in [0.29, 0.717) is 17.4 Å². The number of rotatable bonds is 4. The summed E-state index contributed by atoms with van der Waals surface area (Å²) in [6, 6.07) is 3.75. The first-order chi connectivity index (χ1) is 9.72. The molecule has 1 unspecified atom stereocenters. The molecular formula is C14H19N3O3. The average molecular weight is 277 g/mol. The van der Waals surface area contributed by atoms with Crippen LogP contribution < -0.4 is 15.2 Å². The monoisotopic (exact) mass is 277 g/mol. The van der Waals surface area contributed by atoms with Crippen LogP contribution in [0.15, 0.2) is 12.1 Å². The number of imidazole rings is 1. The Kier molecular flexibility index (Phi) is 3.40. The van der Waals surface area contributed by atoms with Crippen LogP contribution in [0.4, 0.5) is 5.95 Å². The Morgan fingerprint density at radius 1 is 1.35 bits per heavy atom. The van der Waals surface area contributed by atoms with Crippen LogP contribution in [0, 0.1) is 0 Å². The normalized spacial score (nSPS) is 18.6. The third-order valence-electron chi connectivity index (χ3n) is 3.69. The van der Waals surface area contributed by atoms with Gasteiger partial charge in [0.1, 0.15) is 0 Å². The van der Waals surface area contributed by atoms with Crippen LogP contribution in [-0.4, -0.2) is 36.5 Å². The second kappa shape index (κ2) is 5.20. The number of nitrogens with two attached hydrogens (primary N) is 1. The van der Waals surface area contributed by atoms with Crippen LogP contribution in [0.1, 0.15) is 12.8 Å². The molecule has 0 aliphatic carbocycles. The molecule has 0 bridgehead atoms. The Hall–Kier alpha value is -1.95. The van der Waals surface area contributed by atoms with Crippen LogP contribution in [0.25, 0.3) is 11.0 Å². The molecule has 1 aromatic heterocycles. The molecule has 0 spiro atoms. The molecule has 2 aromatic rings. The topological polar surface area (TPSA) is 71.5 Å². The molecular weight excluding hydrogens is 258 g/mol. The zero-order valence-corrected chi connectivity index (χ0v) is 11.8. The van der Waals surface area contributed by atoms with E-state index in [1.165, 1.54) is 0 Å². The minimum absolute atomic E-state index is 0.211. The highest BCUT2D eigenvalue weighted by molar-refractivity contribution is 5.82. The van der Waals surface area contributed by atoms with Gasteiger partial charge in [0.05, 0.1) is 37.9 Å². The standard InChI is InChI=1S/C14H19N3O3/c1-18-12-6-10-11(7-13(12)19-2)17(14(15)16-10)8-9-4-3-5-20-9/h6-7,9H,3-5,8H2,1-2H3,(H2,15,16). The van der Waals surface area contributed by atoms with Crippen molar-refractivity contribution in [3.05, 3.63) is 12.1 Å². The van der Waals surface area contributed by atoms with E-state index in [1.807, 2.05) is 16.7 Å². The van der Waals surface area contributed by atoms with E-state index in [0.717, 1.165) is 37.0 Å². The molecule has 20 heavy (non-hydrogen) atoms.